The Morgan fingerprint density at radius 3 is 2.60 bits per heavy atom. The van der Waals surface area contributed by atoms with Crippen LogP contribution in [-0.4, -0.2) is 5.97 Å². The summed E-state index contributed by atoms with van der Waals surface area (Å²) in [7, 11) is 0. The predicted molar refractivity (Wildman–Crippen MR) is 56.7 cm³/mol. The zero-order chi connectivity index (χ0) is 10.8. The summed E-state index contributed by atoms with van der Waals surface area (Å²) in [6.45, 7) is 2.90. The molecule has 0 saturated heterocycles. The molecule has 0 amide bonds. The van der Waals surface area contributed by atoms with Gasteiger partial charge in [-0.25, -0.2) is 0 Å². The number of carbonyl (C=O) groups is 1. The highest BCUT2D eigenvalue weighted by atomic mass is 16.4. The maximum Gasteiger partial charge on any atom is 0.0636 e. The predicted octanol–water partition coefficient (Wildman–Crippen LogP) is 1.31. The van der Waals surface area contributed by atoms with Crippen LogP contribution >= 0.6 is 0 Å². The van der Waals surface area contributed by atoms with Crippen molar-refractivity contribution in [1.82, 2.24) is 0 Å². The quantitative estimate of drug-likeness (QED) is 0.476. The Morgan fingerprint density at radius 2 is 2.00 bits per heavy atom. The average Bonchev–Trinajstić information content (AvgIpc) is 2.91. The molecule has 0 radical (unpaired) electrons. The van der Waals surface area contributed by atoms with Crippen LogP contribution in [0, 0.1) is 23.7 Å². The number of carbonyl (C=O) groups excluding carboxylic acids is 1. The molecule has 0 aliphatic heterocycles. The van der Waals surface area contributed by atoms with Crippen LogP contribution in [0.25, 0.3) is 0 Å². The highest BCUT2D eigenvalue weighted by Gasteiger charge is 2.44. The van der Waals surface area contributed by atoms with Crippen LogP contribution in [0.2, 0.25) is 0 Å². The van der Waals surface area contributed by atoms with Gasteiger partial charge in [0.25, 0.3) is 0 Å². The van der Waals surface area contributed by atoms with E-state index in [-0.39, 0.29) is 0 Å². The largest absolute Gasteiger partial charge is 0.545 e. The van der Waals surface area contributed by atoms with Crippen LogP contribution in [0.3, 0.4) is 0 Å². The van der Waals surface area contributed by atoms with Gasteiger partial charge in [0.1, 0.15) is 0 Å². The van der Waals surface area contributed by atoms with E-state index in [0.29, 0.717) is 0 Å². The molecule has 15 heavy (non-hydrogen) atoms. The Bertz CT molecular complexity index is 327. The van der Waals surface area contributed by atoms with Crippen molar-refractivity contribution in [1.29, 1.82) is 0 Å². The summed E-state index contributed by atoms with van der Waals surface area (Å²) < 4.78 is 0. The van der Waals surface area contributed by atoms with Crippen molar-refractivity contribution in [2.24, 2.45) is 23.7 Å². The first-order valence-electron chi connectivity index (χ1n) is 5.40. The van der Waals surface area contributed by atoms with E-state index < -0.39 is 5.97 Å². The Kier molecular flexibility index (Phi) is 2.76. The first-order chi connectivity index (χ1) is 7.22. The standard InChI is InChI=1S/C10H12.C3H4O2/c1-2-9-7-4-5-8(6-7)10(9)3-1;1-2-3(4)5/h1-2,4-5,7-10H,3,6H2;2H,1H2,(H,4,5)/p-1. The molecule has 0 aromatic heterocycles. The minimum Gasteiger partial charge on any atom is -0.545 e. The molecule has 1 fully saturated rings. The molecule has 2 heteroatoms. The second-order valence-electron chi connectivity index (χ2n) is 4.38. The van der Waals surface area contributed by atoms with Crippen molar-refractivity contribution >= 4 is 5.97 Å². The SMILES string of the molecule is C1=CC2C3C=CC(C3)C2C1.C=CC(=O)[O-]. The van der Waals surface area contributed by atoms with Gasteiger partial charge in [0.2, 0.25) is 0 Å². The van der Waals surface area contributed by atoms with Crippen LogP contribution in [0.5, 0.6) is 0 Å². The molecule has 0 heterocycles. The summed E-state index contributed by atoms with van der Waals surface area (Å²) in [4.78, 5) is 9.14. The molecule has 2 nitrogen and oxygen atoms in total. The minimum atomic E-state index is -1.23. The minimum absolute atomic E-state index is 0.722. The van der Waals surface area contributed by atoms with Gasteiger partial charge < -0.3 is 9.90 Å². The molecule has 2 bridgehead atoms. The molecule has 1 saturated carbocycles. The maximum absolute atomic E-state index is 9.14. The summed E-state index contributed by atoms with van der Waals surface area (Å²) >= 11 is 0. The summed E-state index contributed by atoms with van der Waals surface area (Å²) in [5.74, 6) is 2.59. The molecule has 0 aromatic carbocycles. The lowest BCUT2D eigenvalue weighted by Gasteiger charge is -2.18. The van der Waals surface area contributed by atoms with E-state index in [1.54, 1.807) is 0 Å². The Morgan fingerprint density at radius 1 is 1.33 bits per heavy atom. The fourth-order valence-electron chi connectivity index (χ4n) is 2.97. The van der Waals surface area contributed by atoms with Gasteiger partial charge in [0.15, 0.2) is 0 Å². The molecule has 0 aromatic rings. The second kappa shape index (κ2) is 4.05. The van der Waals surface area contributed by atoms with Crippen LogP contribution in [-0.2, 0) is 4.79 Å². The number of allylic oxidation sites excluding steroid dienone is 4. The topological polar surface area (TPSA) is 40.1 Å². The lowest BCUT2D eigenvalue weighted by molar-refractivity contribution is -0.297. The van der Waals surface area contributed by atoms with Gasteiger partial charge in [-0.3, -0.25) is 0 Å². The zero-order valence-electron chi connectivity index (χ0n) is 8.63. The van der Waals surface area contributed by atoms with Crippen molar-refractivity contribution in [3.05, 3.63) is 37.0 Å². The van der Waals surface area contributed by atoms with Gasteiger partial charge in [0, 0.05) is 0 Å². The molecule has 3 aliphatic carbocycles. The molecule has 4 atom stereocenters. The molecule has 3 rings (SSSR count). The third-order valence-corrected chi connectivity index (χ3v) is 3.62. The first-order valence-corrected chi connectivity index (χ1v) is 5.40. The molecule has 4 unspecified atom stereocenters. The summed E-state index contributed by atoms with van der Waals surface area (Å²) in [5.41, 5.74) is 0. The number of hydrogen-bond donors (Lipinski definition) is 0. The molecule has 0 spiro atoms. The molecule has 0 N–H and O–H groups in total. The monoisotopic (exact) mass is 203 g/mol. The number of carboxylic acid groups (broad SMARTS) is 1. The molecular weight excluding hydrogens is 188 g/mol. The first kappa shape index (κ1) is 10.2. The fourth-order valence-corrected chi connectivity index (χ4v) is 2.97. The van der Waals surface area contributed by atoms with Gasteiger partial charge in [-0.2, -0.15) is 0 Å². The van der Waals surface area contributed by atoms with Crippen LogP contribution in [0.1, 0.15) is 12.8 Å². The van der Waals surface area contributed by atoms with Crippen molar-refractivity contribution in [2.45, 2.75) is 12.8 Å². The summed E-state index contributed by atoms with van der Waals surface area (Å²) in [5, 5.41) is 9.14. The smallest absolute Gasteiger partial charge is 0.0636 e. The highest BCUT2D eigenvalue weighted by Crippen LogP contribution is 2.52. The van der Waals surface area contributed by atoms with E-state index in [2.05, 4.69) is 30.9 Å². The number of aliphatic carboxylic acids is 1. The number of hydrogen-bond acceptors (Lipinski definition) is 2. The lowest BCUT2D eigenvalue weighted by Crippen LogP contribution is -2.17. The Balaban J connectivity index is 0.000000149. The van der Waals surface area contributed by atoms with E-state index in [1.807, 2.05) is 0 Å². The van der Waals surface area contributed by atoms with Gasteiger partial charge in [0.05, 0.1) is 5.97 Å². The summed E-state index contributed by atoms with van der Waals surface area (Å²) in [6, 6.07) is 0. The van der Waals surface area contributed by atoms with Gasteiger partial charge in [-0.05, 0) is 42.6 Å². The normalized spacial score (nSPS) is 38.4. The third-order valence-electron chi connectivity index (χ3n) is 3.62. The van der Waals surface area contributed by atoms with E-state index in [4.69, 9.17) is 9.90 Å². The lowest BCUT2D eigenvalue weighted by atomic mass is 9.86. The Labute approximate surface area is 90.0 Å². The van der Waals surface area contributed by atoms with Crippen LogP contribution in [0.15, 0.2) is 37.0 Å². The average molecular weight is 203 g/mol. The molecular formula is C13H15O2-. The fraction of sp³-hybridized carbons (Fsp3) is 0.462. The third kappa shape index (κ3) is 1.89. The molecule has 80 valence electrons. The zero-order valence-corrected chi connectivity index (χ0v) is 8.63. The highest BCUT2D eigenvalue weighted by molar-refractivity contribution is 5.76. The van der Waals surface area contributed by atoms with E-state index in [0.717, 1.165) is 29.7 Å². The summed E-state index contributed by atoms with van der Waals surface area (Å²) in [6.07, 6.45) is 13.2. The second-order valence-corrected chi connectivity index (χ2v) is 4.38. The van der Waals surface area contributed by atoms with Crippen molar-refractivity contribution < 1.29 is 9.90 Å². The maximum atomic E-state index is 9.14. The number of carboxylic acids is 1. The van der Waals surface area contributed by atoms with Crippen LogP contribution < -0.4 is 5.11 Å². The van der Waals surface area contributed by atoms with Gasteiger partial charge >= 0.3 is 0 Å². The van der Waals surface area contributed by atoms with Gasteiger partial charge in [-0.15, -0.1) is 0 Å². The van der Waals surface area contributed by atoms with Crippen molar-refractivity contribution in [3.63, 3.8) is 0 Å². The van der Waals surface area contributed by atoms with Crippen molar-refractivity contribution in [3.8, 4) is 0 Å². The van der Waals surface area contributed by atoms with Gasteiger partial charge in [-0.1, -0.05) is 30.9 Å². The van der Waals surface area contributed by atoms with Crippen LogP contribution in [0.4, 0.5) is 0 Å². The number of fused-ring (bicyclic) bond motifs is 5. The molecule has 3 aliphatic rings. The number of rotatable bonds is 1. The van der Waals surface area contributed by atoms with E-state index in [9.17, 15) is 0 Å². The Hall–Kier alpha value is -1.31. The van der Waals surface area contributed by atoms with Crippen molar-refractivity contribution in [2.75, 3.05) is 0 Å². The van der Waals surface area contributed by atoms with E-state index >= 15 is 0 Å². The van der Waals surface area contributed by atoms with E-state index in [1.165, 1.54) is 12.8 Å².